The molecule has 0 aliphatic heterocycles. The van der Waals surface area contributed by atoms with Gasteiger partial charge in [0.1, 0.15) is 12.7 Å². The van der Waals surface area contributed by atoms with Gasteiger partial charge in [0.15, 0.2) is 6.17 Å². The van der Waals surface area contributed by atoms with Crippen molar-refractivity contribution in [1.29, 1.82) is 0 Å². The lowest BCUT2D eigenvalue weighted by Gasteiger charge is -2.07. The molecule has 2 aromatic rings. The Hall–Kier alpha value is -1.91. The van der Waals surface area contributed by atoms with Crippen LogP contribution in [0, 0.1) is 0 Å². The summed E-state index contributed by atoms with van der Waals surface area (Å²) in [5, 5.41) is 7.29. The van der Waals surface area contributed by atoms with Crippen LogP contribution in [0.15, 0.2) is 37.1 Å². The molecule has 0 amide bonds. The van der Waals surface area contributed by atoms with Crippen molar-refractivity contribution in [3.05, 3.63) is 37.1 Å². The average Bonchev–Trinajstić information content (AvgIpc) is 2.72. The molecule has 0 aliphatic carbocycles. The lowest BCUT2D eigenvalue weighted by Crippen LogP contribution is -2.20. The van der Waals surface area contributed by atoms with Crippen molar-refractivity contribution in [1.82, 2.24) is 14.8 Å². The molecular weight excluding hydrogens is 178 g/mol. The normalized spacial score (nSPS) is 12.4. The zero-order chi connectivity index (χ0) is 9.80. The third-order valence-corrected chi connectivity index (χ3v) is 1.91. The van der Waals surface area contributed by atoms with Crippen LogP contribution in [-0.2, 0) is 0 Å². The quantitative estimate of drug-likeness (QED) is 0.776. The number of pyridine rings is 1. The fraction of sp³-hybridized carbons (Fsp3) is 0.222. The predicted octanol–water partition coefficient (Wildman–Crippen LogP) is 0.723. The average molecular weight is 190 g/mol. The molecule has 14 heavy (non-hydrogen) atoms. The lowest BCUT2D eigenvalue weighted by molar-refractivity contribution is -0.361. The Labute approximate surface area is 81.8 Å². The molecule has 0 bridgehead atoms. The number of H-pyrrole nitrogens is 1. The molecule has 5 heteroatoms. The summed E-state index contributed by atoms with van der Waals surface area (Å²) in [5.74, 6) is 0.954. The third kappa shape index (κ3) is 1.87. The lowest BCUT2D eigenvalue weighted by atomic mass is 10.4. The number of hydrogen-bond donors (Lipinski definition) is 1. The Morgan fingerprint density at radius 2 is 2.43 bits per heavy atom. The fourth-order valence-corrected chi connectivity index (χ4v) is 1.19. The summed E-state index contributed by atoms with van der Waals surface area (Å²) < 4.78 is 1.75. The van der Waals surface area contributed by atoms with E-state index in [0.29, 0.717) is 0 Å². The van der Waals surface area contributed by atoms with Gasteiger partial charge in [-0.1, -0.05) is 6.07 Å². The molecule has 2 heterocycles. The van der Waals surface area contributed by atoms with E-state index in [1.807, 2.05) is 31.3 Å². The molecule has 2 aromatic heterocycles. The highest BCUT2D eigenvalue weighted by atomic mass is 15.4. The Kier molecular flexibility index (Phi) is 2.40. The van der Waals surface area contributed by atoms with E-state index in [9.17, 15) is 0 Å². The summed E-state index contributed by atoms with van der Waals surface area (Å²) in [7, 11) is 0. The van der Waals surface area contributed by atoms with Gasteiger partial charge in [-0.2, -0.15) is 5.10 Å². The van der Waals surface area contributed by atoms with Gasteiger partial charge in [0, 0.05) is 6.07 Å². The second kappa shape index (κ2) is 3.87. The minimum atomic E-state index is 0.0798. The van der Waals surface area contributed by atoms with Crippen molar-refractivity contribution >= 4 is 5.82 Å². The van der Waals surface area contributed by atoms with Crippen LogP contribution in [0.1, 0.15) is 13.1 Å². The highest BCUT2D eigenvalue weighted by molar-refractivity contribution is 5.26. The van der Waals surface area contributed by atoms with E-state index in [0.717, 1.165) is 5.82 Å². The SMILES string of the molecule is C[C@@H](Nc1cccc[nH+]1)n1cncn1. The van der Waals surface area contributed by atoms with Crippen LogP contribution in [0.4, 0.5) is 5.82 Å². The first kappa shape index (κ1) is 8.68. The van der Waals surface area contributed by atoms with Gasteiger partial charge in [0.25, 0.3) is 5.82 Å². The number of rotatable bonds is 3. The van der Waals surface area contributed by atoms with E-state index >= 15 is 0 Å². The van der Waals surface area contributed by atoms with Gasteiger partial charge in [-0.25, -0.2) is 14.6 Å². The molecule has 0 saturated carbocycles. The van der Waals surface area contributed by atoms with E-state index in [1.165, 1.54) is 6.33 Å². The molecule has 1 atom stereocenters. The first-order chi connectivity index (χ1) is 6.86. The van der Waals surface area contributed by atoms with Crippen molar-refractivity contribution in [2.45, 2.75) is 13.1 Å². The third-order valence-electron chi connectivity index (χ3n) is 1.91. The summed E-state index contributed by atoms with van der Waals surface area (Å²) in [6.45, 7) is 2.01. The Morgan fingerprint density at radius 1 is 1.50 bits per heavy atom. The van der Waals surface area contributed by atoms with Crippen LogP contribution >= 0.6 is 0 Å². The number of anilines is 1. The number of nitrogens with zero attached hydrogens (tertiary/aromatic N) is 3. The molecule has 0 radical (unpaired) electrons. The second-order valence-corrected chi connectivity index (χ2v) is 2.97. The van der Waals surface area contributed by atoms with Gasteiger partial charge >= 0.3 is 0 Å². The predicted molar refractivity (Wildman–Crippen MR) is 51.4 cm³/mol. The standard InChI is InChI=1S/C9H11N5/c1-8(14-7-10-6-12-14)13-9-4-2-3-5-11-9/h2-8H,1H3,(H,11,13)/p+1/t8-/m0/s1. The molecule has 0 aliphatic rings. The molecule has 72 valence electrons. The minimum Gasteiger partial charge on any atom is -0.252 e. The maximum Gasteiger partial charge on any atom is 0.273 e. The fourth-order valence-electron chi connectivity index (χ4n) is 1.19. The topological polar surface area (TPSA) is 56.9 Å². The minimum absolute atomic E-state index is 0.0798. The smallest absolute Gasteiger partial charge is 0.252 e. The van der Waals surface area contributed by atoms with Crippen molar-refractivity contribution < 1.29 is 4.98 Å². The molecular formula is C9H12N5+. The Morgan fingerprint density at radius 3 is 3.07 bits per heavy atom. The van der Waals surface area contributed by atoms with Crippen molar-refractivity contribution in [2.75, 3.05) is 5.32 Å². The van der Waals surface area contributed by atoms with E-state index in [4.69, 9.17) is 0 Å². The maximum absolute atomic E-state index is 4.04. The summed E-state index contributed by atoms with van der Waals surface area (Å²) in [6.07, 6.45) is 5.15. The molecule has 0 unspecified atom stereocenters. The summed E-state index contributed by atoms with van der Waals surface area (Å²) in [4.78, 5) is 6.98. The monoisotopic (exact) mass is 190 g/mol. The second-order valence-electron chi connectivity index (χ2n) is 2.97. The number of aromatic nitrogens is 4. The van der Waals surface area contributed by atoms with Crippen molar-refractivity contribution in [3.8, 4) is 0 Å². The first-order valence-corrected chi connectivity index (χ1v) is 4.43. The number of nitrogens with one attached hydrogen (secondary N) is 2. The van der Waals surface area contributed by atoms with Crippen LogP contribution in [0.5, 0.6) is 0 Å². The van der Waals surface area contributed by atoms with Gasteiger partial charge in [-0.05, 0) is 13.0 Å². The zero-order valence-electron chi connectivity index (χ0n) is 7.88. The van der Waals surface area contributed by atoms with E-state index in [-0.39, 0.29) is 6.17 Å². The molecule has 0 saturated heterocycles. The van der Waals surface area contributed by atoms with Gasteiger partial charge in [-0.15, -0.1) is 0 Å². The van der Waals surface area contributed by atoms with Crippen LogP contribution in [0.2, 0.25) is 0 Å². The first-order valence-electron chi connectivity index (χ1n) is 4.43. The van der Waals surface area contributed by atoms with Gasteiger partial charge in [-0.3, -0.25) is 5.32 Å². The van der Waals surface area contributed by atoms with Crippen LogP contribution in [-0.4, -0.2) is 14.8 Å². The largest absolute Gasteiger partial charge is 0.273 e. The maximum atomic E-state index is 4.04. The number of aromatic amines is 1. The summed E-state index contributed by atoms with van der Waals surface area (Å²) in [5.41, 5.74) is 0. The van der Waals surface area contributed by atoms with E-state index in [2.05, 4.69) is 20.4 Å². The molecule has 0 fully saturated rings. The number of hydrogen-bond acceptors (Lipinski definition) is 3. The highest BCUT2D eigenvalue weighted by Crippen LogP contribution is 2.05. The molecule has 0 aromatic carbocycles. The van der Waals surface area contributed by atoms with Gasteiger partial charge in [0.05, 0.1) is 6.20 Å². The molecule has 5 nitrogen and oxygen atoms in total. The van der Waals surface area contributed by atoms with Crippen LogP contribution in [0.25, 0.3) is 0 Å². The van der Waals surface area contributed by atoms with Gasteiger partial charge < -0.3 is 0 Å². The molecule has 2 rings (SSSR count). The molecule has 2 N–H and O–H groups in total. The van der Waals surface area contributed by atoms with Crippen molar-refractivity contribution in [3.63, 3.8) is 0 Å². The summed E-state index contributed by atoms with van der Waals surface area (Å²) >= 11 is 0. The van der Waals surface area contributed by atoms with Crippen LogP contribution < -0.4 is 10.3 Å². The van der Waals surface area contributed by atoms with Crippen LogP contribution in [0.3, 0.4) is 0 Å². The summed E-state index contributed by atoms with van der Waals surface area (Å²) in [6, 6.07) is 5.87. The zero-order valence-corrected chi connectivity index (χ0v) is 7.88. The van der Waals surface area contributed by atoms with Crippen molar-refractivity contribution in [2.24, 2.45) is 0 Å². The van der Waals surface area contributed by atoms with E-state index < -0.39 is 0 Å². The van der Waals surface area contributed by atoms with E-state index in [1.54, 1.807) is 11.0 Å². The Bertz CT molecular complexity index is 369. The highest BCUT2D eigenvalue weighted by Gasteiger charge is 2.09. The Balaban J connectivity index is 2.06. The van der Waals surface area contributed by atoms with Gasteiger partial charge in [0.2, 0.25) is 0 Å². The molecule has 0 spiro atoms.